The molecule has 3 aromatic rings. The lowest BCUT2D eigenvalue weighted by atomic mass is 10.1. The van der Waals surface area contributed by atoms with Gasteiger partial charge in [0, 0.05) is 23.7 Å². The highest BCUT2D eigenvalue weighted by Gasteiger charge is 2.36. The highest BCUT2D eigenvalue weighted by atomic mass is 32.2. The number of hydrogen-bond acceptors (Lipinski definition) is 5. The Kier molecular flexibility index (Phi) is 5.67. The molecule has 0 amide bonds. The topological polar surface area (TPSA) is 81.4 Å². The SMILES string of the molecule is COc1ccccc1CNS(=O)(=O)c1cc(-c2cc(C(F)(F)F)on2)ccc1C. The first kappa shape index (κ1) is 20.9. The molecule has 2 aromatic carbocycles. The van der Waals surface area contributed by atoms with Gasteiger partial charge in [0.25, 0.3) is 0 Å². The summed E-state index contributed by atoms with van der Waals surface area (Å²) in [7, 11) is -2.47. The van der Waals surface area contributed by atoms with Gasteiger partial charge in [-0.25, -0.2) is 13.1 Å². The third kappa shape index (κ3) is 4.60. The summed E-state index contributed by atoms with van der Waals surface area (Å²) in [5.41, 5.74) is 1.14. The van der Waals surface area contributed by atoms with Crippen molar-refractivity contribution in [3.8, 4) is 17.0 Å². The number of methoxy groups -OCH3 is 1. The average Bonchev–Trinajstić information content (AvgIpc) is 3.17. The van der Waals surface area contributed by atoms with E-state index in [-0.39, 0.29) is 22.7 Å². The van der Waals surface area contributed by atoms with Gasteiger partial charge in [-0.05, 0) is 24.6 Å². The Hall–Kier alpha value is -2.85. The minimum atomic E-state index is -4.68. The molecule has 0 aliphatic carbocycles. The zero-order valence-corrected chi connectivity index (χ0v) is 16.3. The van der Waals surface area contributed by atoms with Crippen LogP contribution in [0.4, 0.5) is 13.2 Å². The van der Waals surface area contributed by atoms with Gasteiger partial charge in [0.1, 0.15) is 11.4 Å². The van der Waals surface area contributed by atoms with E-state index in [1.165, 1.54) is 25.3 Å². The summed E-state index contributed by atoms with van der Waals surface area (Å²) in [6, 6.07) is 11.9. The van der Waals surface area contributed by atoms with Gasteiger partial charge in [-0.3, -0.25) is 0 Å². The van der Waals surface area contributed by atoms with Crippen LogP contribution in [0.1, 0.15) is 16.9 Å². The van der Waals surface area contributed by atoms with Crippen molar-refractivity contribution in [1.82, 2.24) is 9.88 Å². The van der Waals surface area contributed by atoms with Crippen molar-refractivity contribution >= 4 is 10.0 Å². The molecule has 3 rings (SSSR count). The Morgan fingerprint density at radius 1 is 1.14 bits per heavy atom. The standard InChI is InChI=1S/C19H17F3N2O4S/c1-12-7-8-13(15-10-18(28-24-15)19(20,21)22)9-17(12)29(25,26)23-11-14-5-3-4-6-16(14)27-2/h3-10,23H,11H2,1-2H3. The average molecular weight is 426 g/mol. The number of halogens is 3. The number of para-hydroxylation sites is 1. The van der Waals surface area contributed by atoms with Gasteiger partial charge in [-0.15, -0.1) is 0 Å². The Balaban J connectivity index is 1.89. The molecular weight excluding hydrogens is 409 g/mol. The first-order valence-electron chi connectivity index (χ1n) is 8.38. The van der Waals surface area contributed by atoms with Gasteiger partial charge in [0.2, 0.25) is 15.8 Å². The lowest BCUT2D eigenvalue weighted by Crippen LogP contribution is -2.24. The van der Waals surface area contributed by atoms with Crippen molar-refractivity contribution < 1.29 is 30.8 Å². The number of nitrogens with zero attached hydrogens (tertiary/aromatic N) is 1. The number of rotatable bonds is 6. The molecule has 0 spiro atoms. The Bertz CT molecular complexity index is 1120. The summed E-state index contributed by atoms with van der Waals surface area (Å²) in [6.07, 6.45) is -4.68. The van der Waals surface area contributed by atoms with E-state index in [4.69, 9.17) is 4.74 Å². The van der Waals surface area contributed by atoms with E-state index in [0.29, 0.717) is 16.9 Å². The van der Waals surface area contributed by atoms with Gasteiger partial charge in [0.15, 0.2) is 0 Å². The molecule has 154 valence electrons. The molecule has 1 heterocycles. The minimum absolute atomic E-state index is 0.0157. The molecule has 0 unspecified atom stereocenters. The van der Waals surface area contributed by atoms with Crippen molar-refractivity contribution in [1.29, 1.82) is 0 Å². The fraction of sp³-hybridized carbons (Fsp3) is 0.211. The second-order valence-corrected chi connectivity index (χ2v) is 7.93. The van der Waals surface area contributed by atoms with Gasteiger partial charge < -0.3 is 9.26 Å². The Morgan fingerprint density at radius 3 is 2.52 bits per heavy atom. The maximum Gasteiger partial charge on any atom is 0.452 e. The first-order valence-corrected chi connectivity index (χ1v) is 9.86. The van der Waals surface area contributed by atoms with E-state index in [2.05, 4.69) is 14.4 Å². The second kappa shape index (κ2) is 7.88. The highest BCUT2D eigenvalue weighted by molar-refractivity contribution is 7.89. The van der Waals surface area contributed by atoms with E-state index < -0.39 is 22.0 Å². The van der Waals surface area contributed by atoms with Crippen molar-refractivity contribution in [2.75, 3.05) is 7.11 Å². The molecule has 29 heavy (non-hydrogen) atoms. The molecule has 6 nitrogen and oxygen atoms in total. The Morgan fingerprint density at radius 2 is 1.86 bits per heavy atom. The van der Waals surface area contributed by atoms with E-state index >= 15 is 0 Å². The van der Waals surface area contributed by atoms with E-state index in [1.807, 2.05) is 0 Å². The molecule has 0 aliphatic heterocycles. The molecule has 0 aliphatic rings. The lowest BCUT2D eigenvalue weighted by molar-refractivity contribution is -0.155. The van der Waals surface area contributed by atoms with Gasteiger partial charge in [-0.1, -0.05) is 35.5 Å². The zero-order valence-electron chi connectivity index (χ0n) is 15.4. The van der Waals surface area contributed by atoms with Crippen LogP contribution in [-0.2, 0) is 22.7 Å². The highest BCUT2D eigenvalue weighted by Crippen LogP contribution is 2.33. The predicted molar refractivity (Wildman–Crippen MR) is 98.7 cm³/mol. The summed E-state index contributed by atoms with van der Waals surface area (Å²) in [5, 5.41) is 3.40. The summed E-state index contributed by atoms with van der Waals surface area (Å²) in [5.74, 6) is -0.727. The second-order valence-electron chi connectivity index (χ2n) is 6.19. The van der Waals surface area contributed by atoms with Crippen LogP contribution in [0, 0.1) is 6.92 Å². The van der Waals surface area contributed by atoms with Crippen molar-refractivity contribution in [2.45, 2.75) is 24.5 Å². The Labute approximate surface area is 165 Å². The van der Waals surface area contributed by atoms with Gasteiger partial charge in [0.05, 0.1) is 12.0 Å². The number of sulfonamides is 1. The first-order chi connectivity index (χ1) is 13.6. The lowest BCUT2D eigenvalue weighted by Gasteiger charge is -2.12. The number of alkyl halides is 3. The van der Waals surface area contributed by atoms with Crippen molar-refractivity contribution in [3.05, 3.63) is 65.4 Å². The number of aromatic nitrogens is 1. The van der Waals surface area contributed by atoms with Crippen molar-refractivity contribution in [3.63, 3.8) is 0 Å². The summed E-state index contributed by atoms with van der Waals surface area (Å²) in [4.78, 5) is -0.0681. The molecule has 0 saturated carbocycles. The maximum atomic E-state index is 12.8. The molecule has 0 radical (unpaired) electrons. The third-order valence-electron chi connectivity index (χ3n) is 4.21. The van der Waals surface area contributed by atoms with E-state index in [9.17, 15) is 21.6 Å². The zero-order chi connectivity index (χ0) is 21.2. The normalized spacial score (nSPS) is 12.2. The maximum absolute atomic E-state index is 12.8. The fourth-order valence-corrected chi connectivity index (χ4v) is 3.97. The van der Waals surface area contributed by atoms with Crippen LogP contribution in [0.2, 0.25) is 0 Å². The molecule has 10 heteroatoms. The number of aryl methyl sites for hydroxylation is 1. The molecule has 1 N–H and O–H groups in total. The number of nitrogens with one attached hydrogen (secondary N) is 1. The summed E-state index contributed by atoms with van der Waals surface area (Å²) in [6.45, 7) is 1.57. The van der Waals surface area contributed by atoms with Crippen LogP contribution in [-0.4, -0.2) is 20.7 Å². The molecular formula is C19H17F3N2O4S. The summed E-state index contributed by atoms with van der Waals surface area (Å²) < 4.78 is 75.8. The molecule has 1 aromatic heterocycles. The van der Waals surface area contributed by atoms with Crippen LogP contribution < -0.4 is 9.46 Å². The van der Waals surface area contributed by atoms with Gasteiger partial charge >= 0.3 is 6.18 Å². The van der Waals surface area contributed by atoms with E-state index in [1.54, 1.807) is 31.2 Å². The fourth-order valence-electron chi connectivity index (χ4n) is 2.69. The van der Waals surface area contributed by atoms with Crippen molar-refractivity contribution in [2.24, 2.45) is 0 Å². The van der Waals surface area contributed by atoms with Crippen LogP contribution in [0.25, 0.3) is 11.3 Å². The third-order valence-corrected chi connectivity index (χ3v) is 5.75. The molecule has 0 saturated heterocycles. The number of hydrogen-bond donors (Lipinski definition) is 1. The number of ether oxygens (including phenoxy) is 1. The van der Waals surface area contributed by atoms with Crippen LogP contribution in [0.5, 0.6) is 5.75 Å². The quantitative estimate of drug-likeness (QED) is 0.640. The summed E-state index contributed by atoms with van der Waals surface area (Å²) >= 11 is 0. The monoisotopic (exact) mass is 426 g/mol. The minimum Gasteiger partial charge on any atom is -0.496 e. The largest absolute Gasteiger partial charge is 0.496 e. The smallest absolute Gasteiger partial charge is 0.452 e. The molecule has 0 bridgehead atoms. The van der Waals surface area contributed by atoms with Crippen LogP contribution >= 0.6 is 0 Å². The predicted octanol–water partition coefficient (Wildman–Crippen LogP) is 4.16. The van der Waals surface area contributed by atoms with Gasteiger partial charge in [-0.2, -0.15) is 13.2 Å². The van der Waals surface area contributed by atoms with Crippen LogP contribution in [0.15, 0.2) is 57.9 Å². The molecule has 0 atom stereocenters. The van der Waals surface area contributed by atoms with E-state index in [0.717, 1.165) is 6.07 Å². The number of benzene rings is 2. The van der Waals surface area contributed by atoms with Crippen LogP contribution in [0.3, 0.4) is 0 Å². The molecule has 0 fully saturated rings.